The Labute approximate surface area is 149 Å². The second-order valence-corrected chi connectivity index (χ2v) is 8.32. The minimum Gasteiger partial charge on any atom is -0.357 e. The minimum absolute atomic E-state index is 0.187. The lowest BCUT2D eigenvalue weighted by Crippen LogP contribution is -2.53. The first-order chi connectivity index (χ1) is 11.7. The van der Waals surface area contributed by atoms with Gasteiger partial charge in [0.25, 0.3) is 5.91 Å². The number of likely N-dealkylation sites (N-methyl/N-ethyl adjacent to an activating group) is 2. The van der Waals surface area contributed by atoms with E-state index in [0.29, 0.717) is 18.2 Å². The molecule has 0 spiro atoms. The molecule has 0 unspecified atom stereocenters. The number of nitrogens with one attached hydrogen (secondary N) is 2. The summed E-state index contributed by atoms with van der Waals surface area (Å²) in [5.74, 6) is 1.09. The Kier molecular flexibility index (Phi) is 4.62. The fourth-order valence-electron chi connectivity index (χ4n) is 3.37. The molecule has 7 nitrogen and oxygen atoms in total. The van der Waals surface area contributed by atoms with Crippen molar-refractivity contribution in [3.05, 3.63) is 17.2 Å². The number of carbonyl (C=O) groups is 2. The molecule has 1 saturated carbocycles. The van der Waals surface area contributed by atoms with Gasteiger partial charge >= 0.3 is 0 Å². The van der Waals surface area contributed by atoms with Crippen molar-refractivity contribution in [3.8, 4) is 0 Å². The van der Waals surface area contributed by atoms with Gasteiger partial charge in [-0.1, -0.05) is 20.8 Å². The van der Waals surface area contributed by atoms with E-state index in [4.69, 9.17) is 4.98 Å². The van der Waals surface area contributed by atoms with Gasteiger partial charge in [0.2, 0.25) is 5.91 Å². The Balaban J connectivity index is 1.90. The van der Waals surface area contributed by atoms with Crippen molar-refractivity contribution in [2.75, 3.05) is 20.6 Å². The zero-order valence-electron chi connectivity index (χ0n) is 15.8. The Bertz CT molecular complexity index is 684. The number of hydrogen-bond donors (Lipinski definition) is 2. The first kappa shape index (κ1) is 17.9. The van der Waals surface area contributed by atoms with Crippen LogP contribution in [0.25, 0.3) is 0 Å². The first-order valence-corrected chi connectivity index (χ1v) is 9.02. The Hall–Kier alpha value is -1.89. The van der Waals surface area contributed by atoms with Gasteiger partial charge in [-0.2, -0.15) is 0 Å². The molecule has 138 valence electrons. The first-order valence-electron chi connectivity index (χ1n) is 9.02. The van der Waals surface area contributed by atoms with Crippen LogP contribution in [0.3, 0.4) is 0 Å². The lowest BCUT2D eigenvalue weighted by molar-refractivity contribution is -0.124. The fraction of sp³-hybridized carbons (Fsp3) is 0.722. The predicted octanol–water partition coefficient (Wildman–Crippen LogP) is 1.10. The summed E-state index contributed by atoms with van der Waals surface area (Å²) >= 11 is 0. The molecule has 0 saturated heterocycles. The average molecular weight is 347 g/mol. The van der Waals surface area contributed by atoms with E-state index in [1.807, 2.05) is 20.8 Å². The molecule has 2 N–H and O–H groups in total. The molecule has 1 fully saturated rings. The summed E-state index contributed by atoms with van der Waals surface area (Å²) in [6.45, 7) is 8.38. The number of imidazole rings is 1. The summed E-state index contributed by atoms with van der Waals surface area (Å²) in [5.41, 5.74) is 1.07. The predicted molar refractivity (Wildman–Crippen MR) is 95.3 cm³/mol. The molecular formula is C18H29N5O2. The monoisotopic (exact) mass is 347 g/mol. The molecule has 0 bridgehead atoms. The highest BCUT2D eigenvalue weighted by Crippen LogP contribution is 2.40. The van der Waals surface area contributed by atoms with Crippen LogP contribution in [0.2, 0.25) is 0 Å². The number of fused-ring (bicyclic) bond motifs is 1. The van der Waals surface area contributed by atoms with Gasteiger partial charge < -0.3 is 15.2 Å². The number of carbonyl (C=O) groups excluding carboxylic acids is 2. The topological polar surface area (TPSA) is 79.3 Å². The number of nitrogens with zero attached hydrogens (tertiary/aromatic N) is 3. The summed E-state index contributed by atoms with van der Waals surface area (Å²) in [6, 6.07) is -0.604. The van der Waals surface area contributed by atoms with E-state index >= 15 is 0 Å². The van der Waals surface area contributed by atoms with Crippen LogP contribution in [0.1, 0.15) is 61.5 Å². The Morgan fingerprint density at radius 3 is 2.48 bits per heavy atom. The van der Waals surface area contributed by atoms with Crippen LogP contribution >= 0.6 is 0 Å². The van der Waals surface area contributed by atoms with Crippen LogP contribution in [0.5, 0.6) is 0 Å². The molecule has 3 rings (SSSR count). The third-order valence-electron chi connectivity index (χ3n) is 5.03. The van der Waals surface area contributed by atoms with E-state index in [1.54, 1.807) is 7.05 Å². The van der Waals surface area contributed by atoms with Crippen molar-refractivity contribution in [2.24, 2.45) is 5.41 Å². The van der Waals surface area contributed by atoms with Crippen LogP contribution in [0.15, 0.2) is 0 Å². The zero-order chi connectivity index (χ0) is 18.4. The lowest BCUT2D eigenvalue weighted by atomic mass is 9.86. The van der Waals surface area contributed by atoms with Gasteiger partial charge in [0.05, 0.1) is 5.69 Å². The van der Waals surface area contributed by atoms with Crippen LogP contribution in [0, 0.1) is 5.41 Å². The second kappa shape index (κ2) is 6.44. The number of rotatable bonds is 4. The van der Waals surface area contributed by atoms with Crippen molar-refractivity contribution in [3.63, 3.8) is 0 Å². The van der Waals surface area contributed by atoms with Gasteiger partial charge in [-0.05, 0) is 25.3 Å². The molecule has 0 aromatic carbocycles. The summed E-state index contributed by atoms with van der Waals surface area (Å²) in [6.07, 6.45) is 2.30. The van der Waals surface area contributed by atoms with Gasteiger partial charge in [-0.25, -0.2) is 4.98 Å². The summed E-state index contributed by atoms with van der Waals surface area (Å²) in [7, 11) is 3.64. The zero-order valence-corrected chi connectivity index (χ0v) is 15.8. The third kappa shape index (κ3) is 3.56. The van der Waals surface area contributed by atoms with Gasteiger partial charge in [0.1, 0.15) is 11.9 Å². The van der Waals surface area contributed by atoms with E-state index in [-0.39, 0.29) is 17.2 Å². The molecule has 7 heteroatoms. The summed E-state index contributed by atoms with van der Waals surface area (Å²) in [5, 5.41) is 5.56. The van der Waals surface area contributed by atoms with E-state index < -0.39 is 6.04 Å². The van der Waals surface area contributed by atoms with Crippen molar-refractivity contribution in [2.45, 2.75) is 58.7 Å². The molecule has 1 aromatic heterocycles. The molecule has 2 amide bonds. The van der Waals surface area contributed by atoms with Crippen LogP contribution in [-0.4, -0.2) is 52.9 Å². The van der Waals surface area contributed by atoms with Gasteiger partial charge in [0.15, 0.2) is 5.69 Å². The maximum atomic E-state index is 13.0. The Morgan fingerprint density at radius 1 is 1.24 bits per heavy atom. The van der Waals surface area contributed by atoms with E-state index in [0.717, 1.165) is 37.4 Å². The number of hydrogen-bond acceptors (Lipinski definition) is 4. The van der Waals surface area contributed by atoms with Crippen molar-refractivity contribution < 1.29 is 9.59 Å². The summed E-state index contributed by atoms with van der Waals surface area (Å²) in [4.78, 5) is 32.1. The Morgan fingerprint density at radius 2 is 1.92 bits per heavy atom. The molecule has 1 aliphatic carbocycles. The smallest absolute Gasteiger partial charge is 0.272 e. The molecule has 1 atom stereocenters. The molecule has 2 heterocycles. The highest BCUT2D eigenvalue weighted by molar-refractivity contribution is 5.97. The van der Waals surface area contributed by atoms with Gasteiger partial charge in [-0.15, -0.1) is 0 Å². The minimum atomic E-state index is -0.604. The second-order valence-electron chi connectivity index (χ2n) is 8.32. The number of amides is 2. The molecule has 2 aliphatic rings. The molecule has 1 aromatic rings. The van der Waals surface area contributed by atoms with E-state index in [9.17, 15) is 9.59 Å². The van der Waals surface area contributed by atoms with Gasteiger partial charge in [-0.3, -0.25) is 14.5 Å². The molecular weight excluding hydrogens is 318 g/mol. The number of aromatic nitrogens is 2. The van der Waals surface area contributed by atoms with Crippen molar-refractivity contribution in [1.29, 1.82) is 0 Å². The maximum Gasteiger partial charge on any atom is 0.272 e. The molecule has 25 heavy (non-hydrogen) atoms. The van der Waals surface area contributed by atoms with Crippen molar-refractivity contribution in [1.82, 2.24) is 25.1 Å². The standard InChI is InChI=1S/C18H29N5O2/c1-18(2,3)14(17(25)19-4)21-16(24)13-12-10-22(5)8-9-23(12)15(20-13)11-6-7-11/h11,14H,6-10H2,1-5H3,(H,19,25)(H,21,24)/t14-/m1/s1. The van der Waals surface area contributed by atoms with E-state index in [1.165, 1.54) is 0 Å². The average Bonchev–Trinajstić information content (AvgIpc) is 3.31. The highest BCUT2D eigenvalue weighted by Gasteiger charge is 2.37. The fourth-order valence-corrected chi connectivity index (χ4v) is 3.37. The molecule has 1 aliphatic heterocycles. The van der Waals surface area contributed by atoms with Crippen LogP contribution in [0.4, 0.5) is 0 Å². The third-order valence-corrected chi connectivity index (χ3v) is 5.03. The molecule has 0 radical (unpaired) electrons. The lowest BCUT2D eigenvalue weighted by Gasteiger charge is -2.30. The highest BCUT2D eigenvalue weighted by atomic mass is 16.2. The largest absolute Gasteiger partial charge is 0.357 e. The quantitative estimate of drug-likeness (QED) is 0.855. The van der Waals surface area contributed by atoms with E-state index in [2.05, 4.69) is 27.1 Å². The maximum absolute atomic E-state index is 13.0. The van der Waals surface area contributed by atoms with Crippen molar-refractivity contribution >= 4 is 11.8 Å². The SMILES string of the molecule is CNC(=O)[C@@H](NC(=O)c1nc(C2CC2)n2c1CN(C)CC2)C(C)(C)C. The van der Waals surface area contributed by atoms with Crippen LogP contribution < -0.4 is 10.6 Å². The van der Waals surface area contributed by atoms with Gasteiger partial charge in [0, 0.05) is 32.6 Å². The van der Waals surface area contributed by atoms with Crippen LogP contribution in [-0.2, 0) is 17.9 Å². The summed E-state index contributed by atoms with van der Waals surface area (Å²) < 4.78 is 2.22. The normalized spacial score (nSPS) is 19.2.